The number of ether oxygens (including phenoxy) is 1. The Morgan fingerprint density at radius 2 is 1.88 bits per heavy atom. The maximum atomic E-state index is 12.5. The number of nitrogens with zero attached hydrogens (tertiary/aromatic N) is 2. The van der Waals surface area contributed by atoms with Crippen molar-refractivity contribution >= 4 is 11.9 Å². The molecule has 7 heteroatoms. The molecule has 0 aliphatic carbocycles. The van der Waals surface area contributed by atoms with Crippen LogP contribution < -0.4 is 10.1 Å². The van der Waals surface area contributed by atoms with E-state index in [9.17, 15) is 14.7 Å². The lowest BCUT2D eigenvalue weighted by molar-refractivity contribution is -0.149. The number of amides is 1. The second kappa shape index (κ2) is 7.83. The van der Waals surface area contributed by atoms with Crippen LogP contribution in [0, 0.1) is 5.41 Å². The van der Waals surface area contributed by atoms with Crippen molar-refractivity contribution < 1.29 is 19.4 Å². The van der Waals surface area contributed by atoms with Crippen molar-refractivity contribution in [2.45, 2.75) is 26.7 Å². The van der Waals surface area contributed by atoms with Crippen molar-refractivity contribution in [3.8, 4) is 11.4 Å². The molecular weight excluding hydrogens is 322 g/mol. The quantitative estimate of drug-likeness (QED) is 0.767. The van der Waals surface area contributed by atoms with Gasteiger partial charge in [0.25, 0.3) is 5.91 Å². The molecule has 0 fully saturated rings. The number of carboxylic acids is 1. The van der Waals surface area contributed by atoms with E-state index in [-0.39, 0.29) is 12.2 Å². The van der Waals surface area contributed by atoms with Crippen LogP contribution in [0.2, 0.25) is 0 Å². The first-order valence-corrected chi connectivity index (χ1v) is 8.18. The Morgan fingerprint density at radius 3 is 2.40 bits per heavy atom. The molecule has 0 spiro atoms. The summed E-state index contributed by atoms with van der Waals surface area (Å²) in [7, 11) is 1.46. The van der Waals surface area contributed by atoms with E-state index in [4.69, 9.17) is 4.74 Å². The minimum Gasteiger partial charge on any atom is -0.493 e. The fraction of sp³-hybridized carbons (Fsp3) is 0.389. The number of hydrogen-bond donors (Lipinski definition) is 2. The van der Waals surface area contributed by atoms with Gasteiger partial charge in [-0.15, -0.1) is 0 Å². The van der Waals surface area contributed by atoms with Crippen LogP contribution in [0.5, 0.6) is 5.75 Å². The average Bonchev–Trinajstić information content (AvgIpc) is 3.08. The average molecular weight is 345 g/mol. The van der Waals surface area contributed by atoms with Crippen LogP contribution in [0.4, 0.5) is 0 Å². The first-order chi connectivity index (χ1) is 12.0. The Bertz CT molecular complexity index is 736. The predicted octanol–water partition coefficient (Wildman–Crippen LogP) is 2.50. The lowest BCUT2D eigenvalue weighted by Crippen LogP contribution is -2.42. The summed E-state index contributed by atoms with van der Waals surface area (Å²) in [6.07, 6.45) is 2.47. The smallest absolute Gasteiger partial charge is 0.311 e. The SMILES string of the molecule is CCC(CC)(CNC(=O)c1nn(-c2ccccc2)cc1OC)C(=O)O. The summed E-state index contributed by atoms with van der Waals surface area (Å²) >= 11 is 0. The van der Waals surface area contributed by atoms with Crippen molar-refractivity contribution in [1.82, 2.24) is 15.1 Å². The molecule has 0 atom stereocenters. The number of aromatic nitrogens is 2. The number of hydrogen-bond acceptors (Lipinski definition) is 4. The number of aliphatic carboxylic acids is 1. The van der Waals surface area contributed by atoms with Gasteiger partial charge in [0.15, 0.2) is 11.4 Å². The second-order valence-corrected chi connectivity index (χ2v) is 5.80. The molecular formula is C18H23N3O4. The van der Waals surface area contributed by atoms with Crippen molar-refractivity contribution in [2.24, 2.45) is 5.41 Å². The molecule has 2 aromatic rings. The first kappa shape index (κ1) is 18.5. The van der Waals surface area contributed by atoms with Gasteiger partial charge in [-0.05, 0) is 25.0 Å². The van der Waals surface area contributed by atoms with Crippen LogP contribution >= 0.6 is 0 Å². The van der Waals surface area contributed by atoms with E-state index in [2.05, 4.69) is 10.4 Å². The molecule has 1 heterocycles. The van der Waals surface area contributed by atoms with Crippen LogP contribution in [0.15, 0.2) is 36.5 Å². The fourth-order valence-corrected chi connectivity index (χ4v) is 2.59. The Morgan fingerprint density at radius 1 is 1.24 bits per heavy atom. The van der Waals surface area contributed by atoms with Gasteiger partial charge in [0.05, 0.1) is 24.4 Å². The van der Waals surface area contributed by atoms with Gasteiger partial charge in [-0.25, -0.2) is 4.68 Å². The molecule has 134 valence electrons. The molecule has 1 aromatic heterocycles. The van der Waals surface area contributed by atoms with Crippen LogP contribution in [0.25, 0.3) is 5.69 Å². The zero-order valence-corrected chi connectivity index (χ0v) is 14.7. The van der Waals surface area contributed by atoms with E-state index in [1.807, 2.05) is 30.3 Å². The lowest BCUT2D eigenvalue weighted by atomic mass is 9.82. The van der Waals surface area contributed by atoms with Gasteiger partial charge in [-0.3, -0.25) is 9.59 Å². The molecule has 0 aliphatic heterocycles. The number of rotatable bonds is 8. The summed E-state index contributed by atoms with van der Waals surface area (Å²) in [6, 6.07) is 9.34. The molecule has 0 saturated heterocycles. The standard InChI is InChI=1S/C18H23N3O4/c1-4-18(5-2,17(23)24)12-19-16(22)15-14(25-3)11-21(20-15)13-9-7-6-8-10-13/h6-11H,4-5,12H2,1-3H3,(H,19,22)(H,23,24). The molecule has 0 radical (unpaired) electrons. The first-order valence-electron chi connectivity index (χ1n) is 8.18. The van der Waals surface area contributed by atoms with Crippen LogP contribution in [0.3, 0.4) is 0 Å². The van der Waals surface area contributed by atoms with E-state index in [0.717, 1.165) is 5.69 Å². The zero-order chi connectivity index (χ0) is 18.4. The summed E-state index contributed by atoms with van der Waals surface area (Å²) in [6.45, 7) is 3.64. The third kappa shape index (κ3) is 3.81. The summed E-state index contributed by atoms with van der Waals surface area (Å²) in [5, 5.41) is 16.4. The monoisotopic (exact) mass is 345 g/mol. The highest BCUT2D eigenvalue weighted by atomic mass is 16.5. The van der Waals surface area contributed by atoms with E-state index in [1.165, 1.54) is 7.11 Å². The number of para-hydroxylation sites is 1. The maximum Gasteiger partial charge on any atom is 0.311 e. The predicted molar refractivity (Wildman–Crippen MR) is 93.1 cm³/mol. The number of benzene rings is 1. The molecule has 0 bridgehead atoms. The third-order valence-electron chi connectivity index (χ3n) is 4.53. The summed E-state index contributed by atoms with van der Waals surface area (Å²) in [4.78, 5) is 24.1. The van der Waals surface area contributed by atoms with Gasteiger partial charge < -0.3 is 15.2 Å². The van der Waals surface area contributed by atoms with Crippen molar-refractivity contribution in [3.05, 3.63) is 42.2 Å². The van der Waals surface area contributed by atoms with E-state index >= 15 is 0 Å². The van der Waals surface area contributed by atoms with Gasteiger partial charge >= 0.3 is 5.97 Å². The molecule has 1 aromatic carbocycles. The van der Waals surface area contributed by atoms with Crippen molar-refractivity contribution in [2.75, 3.05) is 13.7 Å². The molecule has 0 saturated carbocycles. The van der Waals surface area contributed by atoms with Crippen molar-refractivity contribution in [3.63, 3.8) is 0 Å². The number of carbonyl (C=O) groups excluding carboxylic acids is 1. The van der Waals surface area contributed by atoms with Gasteiger partial charge in [-0.2, -0.15) is 5.10 Å². The van der Waals surface area contributed by atoms with E-state index in [1.54, 1.807) is 24.7 Å². The number of methoxy groups -OCH3 is 1. The van der Waals surface area contributed by atoms with Crippen LogP contribution in [-0.2, 0) is 4.79 Å². The third-order valence-corrected chi connectivity index (χ3v) is 4.53. The van der Waals surface area contributed by atoms with Gasteiger partial charge in [0, 0.05) is 6.54 Å². The molecule has 2 N–H and O–H groups in total. The highest BCUT2D eigenvalue weighted by molar-refractivity contribution is 5.95. The Balaban J connectivity index is 2.22. The maximum absolute atomic E-state index is 12.5. The second-order valence-electron chi connectivity index (χ2n) is 5.80. The lowest BCUT2D eigenvalue weighted by Gasteiger charge is -2.26. The molecule has 0 aliphatic rings. The van der Waals surface area contributed by atoms with Crippen LogP contribution in [-0.4, -0.2) is 40.4 Å². The minimum atomic E-state index is -0.981. The summed E-state index contributed by atoms with van der Waals surface area (Å²) < 4.78 is 6.79. The van der Waals surface area contributed by atoms with E-state index < -0.39 is 17.3 Å². The normalized spacial score (nSPS) is 11.2. The number of carbonyl (C=O) groups is 2. The Labute approximate surface area is 146 Å². The van der Waals surface area contributed by atoms with E-state index in [0.29, 0.717) is 18.6 Å². The number of carboxylic acid groups (broad SMARTS) is 1. The van der Waals surface area contributed by atoms with Crippen LogP contribution in [0.1, 0.15) is 37.2 Å². The molecule has 7 nitrogen and oxygen atoms in total. The fourth-order valence-electron chi connectivity index (χ4n) is 2.59. The Hall–Kier alpha value is -2.83. The molecule has 0 unspecified atom stereocenters. The summed E-state index contributed by atoms with van der Waals surface area (Å²) in [5.41, 5.74) is -0.0649. The highest BCUT2D eigenvalue weighted by Gasteiger charge is 2.35. The van der Waals surface area contributed by atoms with Gasteiger partial charge in [-0.1, -0.05) is 32.0 Å². The van der Waals surface area contributed by atoms with Crippen molar-refractivity contribution in [1.29, 1.82) is 0 Å². The minimum absolute atomic E-state index is 0.0372. The molecule has 1 amide bonds. The molecule has 25 heavy (non-hydrogen) atoms. The van der Waals surface area contributed by atoms with Gasteiger partial charge in [0.1, 0.15) is 0 Å². The summed E-state index contributed by atoms with van der Waals surface area (Å²) in [5.74, 6) is -1.05. The molecule has 2 rings (SSSR count). The Kier molecular flexibility index (Phi) is 5.80. The topological polar surface area (TPSA) is 93.5 Å². The largest absolute Gasteiger partial charge is 0.493 e. The number of nitrogens with one attached hydrogen (secondary N) is 1. The highest BCUT2D eigenvalue weighted by Crippen LogP contribution is 2.26. The van der Waals surface area contributed by atoms with Gasteiger partial charge in [0.2, 0.25) is 0 Å². The zero-order valence-electron chi connectivity index (χ0n) is 14.7.